The van der Waals surface area contributed by atoms with Gasteiger partial charge in [-0.3, -0.25) is 14.6 Å². The number of carbonyl (C=O) groups excluding carboxylic acids is 2. The first kappa shape index (κ1) is 9.71. The second-order valence-corrected chi connectivity index (χ2v) is 3.36. The lowest BCUT2D eigenvalue weighted by atomic mass is 10.1. The molecule has 0 unspecified atom stereocenters. The van der Waals surface area contributed by atoms with Crippen molar-refractivity contribution in [2.24, 2.45) is 0 Å². The van der Waals surface area contributed by atoms with Gasteiger partial charge in [-0.15, -0.1) is 0 Å². The Balaban J connectivity index is 2.26. The van der Waals surface area contributed by atoms with Crippen molar-refractivity contribution < 1.29 is 19.4 Å². The van der Waals surface area contributed by atoms with Crippen LogP contribution in [-0.4, -0.2) is 11.8 Å². The summed E-state index contributed by atoms with van der Waals surface area (Å²) < 4.78 is 0. The molecule has 0 spiro atoms. The minimum atomic E-state index is -0.517. The van der Waals surface area contributed by atoms with Crippen molar-refractivity contribution in [3.05, 3.63) is 29.3 Å². The van der Waals surface area contributed by atoms with E-state index in [9.17, 15) is 9.59 Å². The Hall–Kier alpha value is -1.84. The van der Waals surface area contributed by atoms with E-state index in [-0.39, 0.29) is 5.78 Å². The third-order valence-corrected chi connectivity index (χ3v) is 2.28. The minimum Gasteiger partial charge on any atom is -0.294 e. The maximum Gasteiger partial charge on any atom is 0.352 e. The normalized spacial score (nSPS) is 13.5. The van der Waals surface area contributed by atoms with Gasteiger partial charge in [0.2, 0.25) is 0 Å². The summed E-state index contributed by atoms with van der Waals surface area (Å²) in [5.74, 6) is 0.0451. The minimum absolute atomic E-state index is 0.110. The van der Waals surface area contributed by atoms with Crippen LogP contribution in [0.1, 0.15) is 29.3 Å². The highest BCUT2D eigenvalue weighted by atomic mass is 17.2. The molecule has 0 N–H and O–H groups in total. The predicted octanol–water partition coefficient (Wildman–Crippen LogP) is 1.67. The van der Waals surface area contributed by atoms with Gasteiger partial charge >= 0.3 is 5.97 Å². The van der Waals surface area contributed by atoms with E-state index in [4.69, 9.17) is 4.89 Å². The van der Waals surface area contributed by atoms with Crippen molar-refractivity contribution >= 4 is 11.8 Å². The van der Waals surface area contributed by atoms with Crippen molar-refractivity contribution in [3.8, 4) is 5.75 Å². The molecule has 0 saturated heterocycles. The monoisotopic (exact) mass is 206 g/mol. The Morgan fingerprint density at radius 3 is 2.87 bits per heavy atom. The van der Waals surface area contributed by atoms with Crippen LogP contribution < -0.4 is 4.89 Å². The molecule has 78 valence electrons. The summed E-state index contributed by atoms with van der Waals surface area (Å²) in [7, 11) is 0. The lowest BCUT2D eigenvalue weighted by molar-refractivity contribution is -0.211. The van der Waals surface area contributed by atoms with Crippen LogP contribution in [0.5, 0.6) is 5.75 Å². The number of fused-ring (bicyclic) bond motifs is 1. The van der Waals surface area contributed by atoms with Crippen molar-refractivity contribution in [1.29, 1.82) is 0 Å². The van der Waals surface area contributed by atoms with E-state index in [1.54, 1.807) is 18.2 Å². The van der Waals surface area contributed by atoms with Crippen molar-refractivity contribution in [3.63, 3.8) is 0 Å². The zero-order chi connectivity index (χ0) is 10.8. The molecule has 1 aromatic carbocycles. The number of benzene rings is 1. The molecule has 0 aromatic heterocycles. The van der Waals surface area contributed by atoms with Crippen LogP contribution in [-0.2, 0) is 16.1 Å². The number of hydrogen-bond donors (Lipinski definition) is 0. The van der Waals surface area contributed by atoms with Gasteiger partial charge in [0.25, 0.3) is 0 Å². The molecule has 0 bridgehead atoms. The van der Waals surface area contributed by atoms with Gasteiger partial charge in [-0.2, -0.15) is 0 Å². The molecule has 1 aliphatic rings. The van der Waals surface area contributed by atoms with Crippen LogP contribution in [0, 0.1) is 0 Å². The molecule has 1 aliphatic carbocycles. The number of rotatable bonds is 2. The SMILES string of the molecule is CC(=O)OOc1cccc2c1CCC2=O. The summed E-state index contributed by atoms with van der Waals surface area (Å²) >= 11 is 0. The smallest absolute Gasteiger partial charge is 0.294 e. The van der Waals surface area contributed by atoms with E-state index in [2.05, 4.69) is 4.89 Å². The van der Waals surface area contributed by atoms with Crippen LogP contribution in [0.4, 0.5) is 0 Å². The van der Waals surface area contributed by atoms with Gasteiger partial charge < -0.3 is 0 Å². The maximum atomic E-state index is 11.4. The van der Waals surface area contributed by atoms with Crippen molar-refractivity contribution in [2.75, 3.05) is 0 Å². The molecule has 0 radical (unpaired) electrons. The highest BCUT2D eigenvalue weighted by Gasteiger charge is 2.23. The second-order valence-electron chi connectivity index (χ2n) is 3.36. The summed E-state index contributed by atoms with van der Waals surface area (Å²) in [6.07, 6.45) is 1.14. The van der Waals surface area contributed by atoms with Crippen LogP contribution in [0.15, 0.2) is 18.2 Å². The molecule has 0 fully saturated rings. The number of carbonyl (C=O) groups is 2. The Bertz CT molecular complexity index is 423. The zero-order valence-corrected chi connectivity index (χ0v) is 8.28. The molecule has 2 rings (SSSR count). The van der Waals surface area contributed by atoms with E-state index < -0.39 is 5.97 Å². The summed E-state index contributed by atoms with van der Waals surface area (Å²) in [6, 6.07) is 5.15. The van der Waals surface area contributed by atoms with E-state index in [1.165, 1.54) is 6.92 Å². The van der Waals surface area contributed by atoms with Gasteiger partial charge in [0.05, 0.1) is 0 Å². The van der Waals surface area contributed by atoms with Crippen LogP contribution in [0.25, 0.3) is 0 Å². The van der Waals surface area contributed by atoms with Gasteiger partial charge in [-0.1, -0.05) is 12.1 Å². The van der Waals surface area contributed by atoms with Gasteiger partial charge in [0.15, 0.2) is 11.5 Å². The molecular weight excluding hydrogens is 196 g/mol. The lowest BCUT2D eigenvalue weighted by Gasteiger charge is -2.06. The Morgan fingerprint density at radius 2 is 2.13 bits per heavy atom. The molecule has 0 heterocycles. The summed E-state index contributed by atoms with van der Waals surface area (Å²) in [5.41, 5.74) is 1.49. The van der Waals surface area contributed by atoms with E-state index in [0.29, 0.717) is 24.2 Å². The highest BCUT2D eigenvalue weighted by molar-refractivity contribution is 6.01. The number of ketones is 1. The maximum absolute atomic E-state index is 11.4. The molecule has 0 saturated carbocycles. The fourth-order valence-corrected chi connectivity index (χ4v) is 1.64. The predicted molar refractivity (Wildman–Crippen MR) is 51.5 cm³/mol. The molecular formula is C11H10O4. The summed E-state index contributed by atoms with van der Waals surface area (Å²) in [4.78, 5) is 31.3. The average molecular weight is 206 g/mol. The highest BCUT2D eigenvalue weighted by Crippen LogP contribution is 2.30. The molecule has 0 aliphatic heterocycles. The first-order valence-electron chi connectivity index (χ1n) is 4.68. The lowest BCUT2D eigenvalue weighted by Crippen LogP contribution is -2.04. The number of hydrogen-bond acceptors (Lipinski definition) is 4. The van der Waals surface area contributed by atoms with Crippen LogP contribution >= 0.6 is 0 Å². The zero-order valence-electron chi connectivity index (χ0n) is 8.28. The van der Waals surface area contributed by atoms with E-state index in [0.717, 1.165) is 5.56 Å². The molecule has 0 atom stereocenters. The fourth-order valence-electron chi connectivity index (χ4n) is 1.64. The van der Waals surface area contributed by atoms with Gasteiger partial charge in [0, 0.05) is 24.5 Å². The third kappa shape index (κ3) is 1.83. The molecule has 4 nitrogen and oxygen atoms in total. The van der Waals surface area contributed by atoms with Crippen LogP contribution in [0.2, 0.25) is 0 Å². The molecule has 0 amide bonds. The topological polar surface area (TPSA) is 52.6 Å². The first-order valence-corrected chi connectivity index (χ1v) is 4.68. The first-order chi connectivity index (χ1) is 7.18. The van der Waals surface area contributed by atoms with E-state index in [1.807, 2.05) is 0 Å². The van der Waals surface area contributed by atoms with Gasteiger partial charge in [-0.05, 0) is 12.5 Å². The average Bonchev–Trinajstić information content (AvgIpc) is 2.58. The number of Topliss-reactive ketones (excluding diaryl/α,β-unsaturated/α-hetero) is 1. The Kier molecular flexibility index (Phi) is 2.41. The van der Waals surface area contributed by atoms with Gasteiger partial charge in [-0.25, -0.2) is 4.79 Å². The fraction of sp³-hybridized carbons (Fsp3) is 0.273. The van der Waals surface area contributed by atoms with Crippen molar-refractivity contribution in [2.45, 2.75) is 19.8 Å². The van der Waals surface area contributed by atoms with E-state index >= 15 is 0 Å². The summed E-state index contributed by atoms with van der Waals surface area (Å²) in [5, 5.41) is 0. The molecule has 15 heavy (non-hydrogen) atoms. The Labute approximate surface area is 86.7 Å². The Morgan fingerprint density at radius 1 is 1.33 bits per heavy atom. The summed E-state index contributed by atoms with van der Waals surface area (Å²) in [6.45, 7) is 1.26. The third-order valence-electron chi connectivity index (χ3n) is 2.28. The standard InChI is InChI=1S/C11H10O4/c1-7(12)14-15-11-4-2-3-8-9(11)5-6-10(8)13/h2-4H,5-6H2,1H3. The van der Waals surface area contributed by atoms with Gasteiger partial charge in [0.1, 0.15) is 0 Å². The largest absolute Gasteiger partial charge is 0.352 e. The quantitative estimate of drug-likeness (QED) is 0.545. The van der Waals surface area contributed by atoms with Crippen LogP contribution in [0.3, 0.4) is 0 Å². The molecule has 1 aromatic rings. The van der Waals surface area contributed by atoms with Crippen molar-refractivity contribution in [1.82, 2.24) is 0 Å². The second kappa shape index (κ2) is 3.73. The molecule has 4 heteroatoms.